The summed E-state index contributed by atoms with van der Waals surface area (Å²) in [4.78, 5) is 13.1. The molecule has 0 spiro atoms. The van der Waals surface area contributed by atoms with Gasteiger partial charge < -0.3 is 14.5 Å². The summed E-state index contributed by atoms with van der Waals surface area (Å²) in [5.41, 5.74) is 3.80. The van der Waals surface area contributed by atoms with Crippen LogP contribution in [0.2, 0.25) is 0 Å². The molecule has 0 bridgehead atoms. The molecule has 5 rings (SSSR count). The minimum absolute atomic E-state index is 0.122. The Morgan fingerprint density at radius 1 is 1.11 bits per heavy atom. The van der Waals surface area contributed by atoms with Crippen molar-refractivity contribution in [1.82, 2.24) is 19.3 Å². The zero-order chi connectivity index (χ0) is 24.4. The number of nitriles is 1. The minimum atomic E-state index is -0.122. The van der Waals surface area contributed by atoms with Crippen molar-refractivity contribution in [3.63, 3.8) is 0 Å². The van der Waals surface area contributed by atoms with Crippen molar-refractivity contribution >= 4 is 23.5 Å². The average Bonchev–Trinajstić information content (AvgIpc) is 3.60. The fourth-order valence-electron chi connectivity index (χ4n) is 5.15. The van der Waals surface area contributed by atoms with Crippen LogP contribution in [0.25, 0.3) is 0 Å². The van der Waals surface area contributed by atoms with E-state index in [0.29, 0.717) is 29.9 Å². The van der Waals surface area contributed by atoms with Crippen molar-refractivity contribution < 1.29 is 4.79 Å². The van der Waals surface area contributed by atoms with Crippen LogP contribution in [0.3, 0.4) is 0 Å². The molecular formula is C27H32N6OS. The van der Waals surface area contributed by atoms with Crippen molar-refractivity contribution in [2.75, 3.05) is 11.1 Å². The van der Waals surface area contributed by atoms with Crippen LogP contribution in [-0.2, 0) is 11.3 Å². The summed E-state index contributed by atoms with van der Waals surface area (Å²) in [6, 6.07) is 13.0. The van der Waals surface area contributed by atoms with Gasteiger partial charge in [0.05, 0.1) is 17.9 Å². The maximum Gasteiger partial charge on any atom is 0.235 e. The summed E-state index contributed by atoms with van der Waals surface area (Å²) in [7, 11) is 0. The molecule has 8 heteroatoms. The maximum absolute atomic E-state index is 13.1. The van der Waals surface area contributed by atoms with E-state index in [0.717, 1.165) is 47.9 Å². The Bertz CT molecular complexity index is 1240. The Kier molecular flexibility index (Phi) is 6.96. The van der Waals surface area contributed by atoms with Gasteiger partial charge in [0.15, 0.2) is 5.16 Å². The molecule has 3 aromatic rings. The number of anilines is 1. The third kappa shape index (κ3) is 5.01. The molecule has 1 amide bonds. The zero-order valence-electron chi connectivity index (χ0n) is 20.5. The summed E-state index contributed by atoms with van der Waals surface area (Å²) in [6.45, 7) is 4.73. The largest absolute Gasteiger partial charge is 0.327 e. The van der Waals surface area contributed by atoms with Crippen molar-refractivity contribution in [2.45, 2.75) is 82.5 Å². The highest BCUT2D eigenvalue weighted by atomic mass is 32.2. The molecule has 182 valence electrons. The Morgan fingerprint density at radius 3 is 2.54 bits per heavy atom. The molecule has 0 atom stereocenters. The van der Waals surface area contributed by atoms with Crippen molar-refractivity contribution in [2.24, 2.45) is 0 Å². The van der Waals surface area contributed by atoms with Crippen LogP contribution in [-0.4, -0.2) is 31.0 Å². The lowest BCUT2D eigenvalue weighted by atomic mass is 9.95. The smallest absolute Gasteiger partial charge is 0.235 e. The van der Waals surface area contributed by atoms with Crippen molar-refractivity contribution in [3.05, 3.63) is 58.5 Å². The Labute approximate surface area is 210 Å². The van der Waals surface area contributed by atoms with Gasteiger partial charge in [0, 0.05) is 17.7 Å². The fourth-order valence-corrected chi connectivity index (χ4v) is 5.89. The van der Waals surface area contributed by atoms with Gasteiger partial charge >= 0.3 is 0 Å². The zero-order valence-corrected chi connectivity index (χ0v) is 21.3. The molecule has 0 saturated heterocycles. The fraction of sp³-hybridized carbons (Fsp3) is 0.481. The Hall–Kier alpha value is -3.05. The van der Waals surface area contributed by atoms with Gasteiger partial charge in [0.1, 0.15) is 17.7 Å². The van der Waals surface area contributed by atoms with Crippen molar-refractivity contribution in [1.29, 1.82) is 5.26 Å². The first-order valence-electron chi connectivity index (χ1n) is 12.6. The van der Waals surface area contributed by atoms with Crippen LogP contribution >= 0.6 is 11.8 Å². The van der Waals surface area contributed by atoms with E-state index in [9.17, 15) is 10.1 Å². The van der Waals surface area contributed by atoms with Gasteiger partial charge in [-0.25, -0.2) is 0 Å². The van der Waals surface area contributed by atoms with E-state index in [2.05, 4.69) is 49.8 Å². The number of nitrogens with zero attached hydrogens (tertiary/aromatic N) is 5. The molecular weight excluding hydrogens is 456 g/mol. The maximum atomic E-state index is 13.1. The molecule has 0 aliphatic heterocycles. The van der Waals surface area contributed by atoms with Crippen LogP contribution in [0, 0.1) is 25.2 Å². The van der Waals surface area contributed by atoms with E-state index < -0.39 is 0 Å². The Balaban J connectivity index is 1.33. The predicted molar refractivity (Wildman–Crippen MR) is 138 cm³/mol. The number of hydrogen-bond donors (Lipinski definition) is 1. The third-order valence-corrected chi connectivity index (χ3v) is 8.24. The molecule has 7 nitrogen and oxygen atoms in total. The van der Waals surface area contributed by atoms with Gasteiger partial charge in [-0.2, -0.15) is 5.26 Å². The van der Waals surface area contributed by atoms with Gasteiger partial charge in [-0.3, -0.25) is 4.79 Å². The molecule has 1 aromatic carbocycles. The van der Waals surface area contributed by atoms with E-state index in [4.69, 9.17) is 0 Å². The molecule has 2 fully saturated rings. The first-order chi connectivity index (χ1) is 17.1. The first-order valence-corrected chi connectivity index (χ1v) is 13.6. The van der Waals surface area contributed by atoms with Crippen LogP contribution in [0.4, 0.5) is 5.82 Å². The van der Waals surface area contributed by atoms with Crippen LogP contribution < -0.4 is 5.32 Å². The summed E-state index contributed by atoms with van der Waals surface area (Å²) >= 11 is 1.41. The molecule has 2 aliphatic rings. The van der Waals surface area contributed by atoms with E-state index >= 15 is 0 Å². The number of amides is 1. The van der Waals surface area contributed by atoms with Crippen LogP contribution in [0.1, 0.15) is 85.1 Å². The number of rotatable bonds is 8. The third-order valence-electron chi connectivity index (χ3n) is 7.27. The number of aromatic nitrogens is 4. The Morgan fingerprint density at radius 2 is 1.86 bits per heavy atom. The van der Waals surface area contributed by atoms with E-state index in [1.807, 2.05) is 25.1 Å². The molecule has 0 unspecified atom stereocenters. The number of carbonyl (C=O) groups excluding carboxylic acids is 1. The van der Waals surface area contributed by atoms with Gasteiger partial charge in [0.2, 0.25) is 5.91 Å². The molecule has 0 radical (unpaired) electrons. The molecule has 2 heterocycles. The first kappa shape index (κ1) is 23.7. The molecule has 1 N–H and O–H groups in total. The predicted octanol–water partition coefficient (Wildman–Crippen LogP) is 5.73. The quantitative estimate of drug-likeness (QED) is 0.409. The number of thioether (sulfide) groups is 1. The highest BCUT2D eigenvalue weighted by Gasteiger charge is 2.31. The van der Waals surface area contributed by atoms with E-state index in [1.165, 1.54) is 36.6 Å². The number of hydrogen-bond acceptors (Lipinski definition) is 5. The number of benzene rings is 1. The van der Waals surface area contributed by atoms with E-state index in [-0.39, 0.29) is 11.7 Å². The molecule has 35 heavy (non-hydrogen) atoms. The average molecular weight is 489 g/mol. The van der Waals surface area contributed by atoms with Gasteiger partial charge in [-0.15, -0.1) is 10.2 Å². The number of carbonyl (C=O) groups is 1. The molecule has 2 saturated carbocycles. The van der Waals surface area contributed by atoms with Gasteiger partial charge in [0.25, 0.3) is 0 Å². The second-order valence-electron chi connectivity index (χ2n) is 9.73. The number of nitrogens with one attached hydrogen (secondary N) is 1. The van der Waals surface area contributed by atoms with E-state index in [1.54, 1.807) is 0 Å². The second-order valence-corrected chi connectivity index (χ2v) is 10.7. The lowest BCUT2D eigenvalue weighted by molar-refractivity contribution is -0.113. The summed E-state index contributed by atoms with van der Waals surface area (Å²) in [5, 5.41) is 22.6. The molecule has 2 aliphatic carbocycles. The second kappa shape index (κ2) is 10.3. The summed E-state index contributed by atoms with van der Waals surface area (Å²) < 4.78 is 4.36. The lowest BCUT2D eigenvalue weighted by Gasteiger charge is -2.27. The van der Waals surface area contributed by atoms with Gasteiger partial charge in [-0.05, 0) is 50.7 Å². The van der Waals surface area contributed by atoms with Crippen molar-refractivity contribution in [3.8, 4) is 6.07 Å². The minimum Gasteiger partial charge on any atom is -0.327 e. The summed E-state index contributed by atoms with van der Waals surface area (Å²) in [6.07, 6.45) is 8.09. The normalized spacial score (nSPS) is 16.3. The highest BCUT2D eigenvalue weighted by molar-refractivity contribution is 7.99. The van der Waals surface area contributed by atoms with Gasteiger partial charge in [-0.1, -0.05) is 61.4 Å². The molecule has 2 aromatic heterocycles. The SMILES string of the molecule is Cc1c(C#N)c(NC(=O)CSc2nnc(C3CC3)n2Cc2ccccc2)n(C2CCCCC2)c1C. The topological polar surface area (TPSA) is 88.5 Å². The monoisotopic (exact) mass is 488 g/mol. The van der Waals surface area contributed by atoms with Crippen LogP contribution in [0.5, 0.6) is 0 Å². The summed E-state index contributed by atoms with van der Waals surface area (Å²) in [5.74, 6) is 2.24. The van der Waals surface area contributed by atoms with Crippen LogP contribution in [0.15, 0.2) is 35.5 Å². The highest BCUT2D eigenvalue weighted by Crippen LogP contribution is 2.40. The standard InChI is InChI=1S/C27H32N6OS/c1-18-19(2)33(22-11-7-4-8-12-22)26(23(18)15-28)29-24(34)17-35-27-31-30-25(21-13-14-21)32(27)16-20-9-5-3-6-10-20/h3,5-6,9-10,21-22H,4,7-8,11-14,16-17H2,1-2H3,(H,29,34). The lowest BCUT2D eigenvalue weighted by Crippen LogP contribution is -2.22.